The number of aliphatic imine (C=N–C) groups is 1. The lowest BCUT2D eigenvalue weighted by Crippen LogP contribution is -2.32. The number of aromatic nitrogens is 1. The summed E-state index contributed by atoms with van der Waals surface area (Å²) in [6.07, 6.45) is 0.785. The van der Waals surface area contributed by atoms with Gasteiger partial charge < -0.3 is 9.73 Å². The quantitative estimate of drug-likeness (QED) is 0.137. The van der Waals surface area contributed by atoms with Crippen LogP contribution in [0.25, 0.3) is 11.1 Å². The summed E-state index contributed by atoms with van der Waals surface area (Å²) in [6, 6.07) is 7.62. The highest BCUT2D eigenvalue weighted by Crippen LogP contribution is 2.23. The van der Waals surface area contributed by atoms with Gasteiger partial charge in [0.05, 0.1) is 0 Å². The minimum atomic E-state index is -0.391. The summed E-state index contributed by atoms with van der Waals surface area (Å²) in [4.78, 5) is 18.8. The van der Waals surface area contributed by atoms with E-state index in [1.54, 1.807) is 0 Å². The molecule has 1 heterocycles. The summed E-state index contributed by atoms with van der Waals surface area (Å²) < 4.78 is 5.61. The molecule has 0 spiro atoms. The second-order valence-electron chi connectivity index (χ2n) is 4.62. The van der Waals surface area contributed by atoms with Gasteiger partial charge in [-0.05, 0) is 18.6 Å². The first-order valence-electron chi connectivity index (χ1n) is 7.17. The number of nitro groups is 1. The number of oxazole rings is 1. The Bertz CT molecular complexity index is 642. The average molecular weight is 354 g/mol. The highest BCUT2D eigenvalue weighted by atomic mass is 32.2. The van der Waals surface area contributed by atoms with Crippen molar-refractivity contribution in [3.05, 3.63) is 34.4 Å². The minimum absolute atomic E-state index is 0.286. The molecule has 9 heteroatoms. The molecule has 0 saturated heterocycles. The topological polar surface area (TPSA) is 93.6 Å². The largest absolute Gasteiger partial charge is 0.431 e. The predicted octanol–water partition coefficient (Wildman–Crippen LogP) is 2.50. The summed E-state index contributed by atoms with van der Waals surface area (Å²) in [7, 11) is 0. The van der Waals surface area contributed by atoms with Crippen LogP contribution in [0.3, 0.4) is 0 Å². The van der Waals surface area contributed by atoms with Crippen LogP contribution in [0.1, 0.15) is 6.42 Å². The van der Waals surface area contributed by atoms with Crippen molar-refractivity contribution in [3.8, 4) is 0 Å². The van der Waals surface area contributed by atoms with Crippen molar-refractivity contribution in [2.45, 2.75) is 11.6 Å². The van der Waals surface area contributed by atoms with E-state index in [9.17, 15) is 10.1 Å². The van der Waals surface area contributed by atoms with Crippen molar-refractivity contribution in [3.63, 3.8) is 0 Å². The molecule has 0 saturated carbocycles. The highest BCUT2D eigenvalue weighted by molar-refractivity contribution is 7.99. The Morgan fingerprint density at radius 2 is 2.30 bits per heavy atom. The molecule has 0 fully saturated rings. The Labute approximate surface area is 143 Å². The van der Waals surface area contributed by atoms with Crippen LogP contribution in [-0.2, 0) is 0 Å². The van der Waals surface area contributed by atoms with E-state index >= 15 is 0 Å². The molecule has 0 amide bonds. The number of thiol groups is 1. The molecule has 0 aliphatic heterocycles. The zero-order valence-corrected chi connectivity index (χ0v) is 14.2. The van der Waals surface area contributed by atoms with Gasteiger partial charge in [-0.15, -0.1) is 0 Å². The number of nitrogens with zero attached hydrogens (tertiary/aromatic N) is 3. The third-order valence-corrected chi connectivity index (χ3v) is 3.96. The van der Waals surface area contributed by atoms with Gasteiger partial charge in [-0.1, -0.05) is 23.9 Å². The monoisotopic (exact) mass is 354 g/mol. The summed E-state index contributed by atoms with van der Waals surface area (Å²) in [5.74, 6) is 1.79. The van der Waals surface area contributed by atoms with Gasteiger partial charge in [-0.3, -0.25) is 15.1 Å². The Hall–Kier alpha value is -1.74. The third-order valence-electron chi connectivity index (χ3n) is 2.82. The van der Waals surface area contributed by atoms with Crippen molar-refractivity contribution < 1.29 is 9.34 Å². The van der Waals surface area contributed by atoms with E-state index < -0.39 is 4.92 Å². The molecule has 1 N–H and O–H groups in total. The molecule has 1 aromatic carbocycles. The van der Waals surface area contributed by atoms with Crippen molar-refractivity contribution in [2.24, 2.45) is 4.99 Å². The van der Waals surface area contributed by atoms with E-state index in [-0.39, 0.29) is 6.54 Å². The van der Waals surface area contributed by atoms with Gasteiger partial charge >= 0.3 is 0 Å². The predicted molar refractivity (Wildman–Crippen MR) is 95.4 cm³/mol. The maximum atomic E-state index is 10.6. The SMILES string of the molecule is O=[N+]([O-])CC(=NCCCSc1nc2ccccc2o1)NCCS. The first-order chi connectivity index (χ1) is 11.2. The standard InChI is InChI=1S/C14H18N4O3S2/c19-18(20)10-13(16-7-8-22)15-6-3-9-23-14-17-11-4-1-2-5-12(11)21-14/h1-2,4-5,22H,3,6-10H2,(H,15,16). The lowest BCUT2D eigenvalue weighted by atomic mass is 10.3. The average Bonchev–Trinajstić information content (AvgIpc) is 2.94. The van der Waals surface area contributed by atoms with E-state index in [2.05, 4.69) is 27.9 Å². The van der Waals surface area contributed by atoms with Crippen LogP contribution in [0.4, 0.5) is 0 Å². The minimum Gasteiger partial charge on any atom is -0.431 e. The number of thioether (sulfide) groups is 1. The van der Waals surface area contributed by atoms with Gasteiger partial charge in [0.15, 0.2) is 11.4 Å². The Morgan fingerprint density at radius 1 is 1.48 bits per heavy atom. The van der Waals surface area contributed by atoms with Crippen molar-refractivity contribution in [1.29, 1.82) is 0 Å². The summed E-state index contributed by atoms with van der Waals surface area (Å²) in [5.41, 5.74) is 1.62. The summed E-state index contributed by atoms with van der Waals surface area (Å²) in [5, 5.41) is 14.1. The van der Waals surface area contributed by atoms with Crippen molar-refractivity contribution in [1.82, 2.24) is 10.3 Å². The smallest absolute Gasteiger partial charge is 0.259 e. The molecule has 23 heavy (non-hydrogen) atoms. The van der Waals surface area contributed by atoms with Crippen molar-refractivity contribution in [2.75, 3.05) is 31.1 Å². The molecular weight excluding hydrogens is 336 g/mol. The molecule has 2 aromatic rings. The molecule has 124 valence electrons. The number of rotatable bonds is 9. The molecule has 0 radical (unpaired) electrons. The fourth-order valence-corrected chi connectivity index (χ4v) is 2.71. The molecule has 0 aliphatic rings. The number of benzene rings is 1. The van der Waals surface area contributed by atoms with Crippen LogP contribution in [-0.4, -0.2) is 46.9 Å². The van der Waals surface area contributed by atoms with Gasteiger partial charge in [0.1, 0.15) is 5.52 Å². The molecular formula is C14H18N4O3S2. The van der Waals surface area contributed by atoms with E-state index in [1.807, 2.05) is 24.3 Å². The van der Waals surface area contributed by atoms with E-state index in [4.69, 9.17) is 4.42 Å². The molecule has 0 unspecified atom stereocenters. The van der Waals surface area contributed by atoms with E-state index in [0.717, 1.165) is 23.3 Å². The Kier molecular flexibility index (Phi) is 7.21. The number of para-hydroxylation sites is 2. The van der Waals surface area contributed by atoms with Gasteiger partial charge in [0.2, 0.25) is 0 Å². The number of amidine groups is 1. The maximum Gasteiger partial charge on any atom is 0.259 e. The van der Waals surface area contributed by atoms with Gasteiger partial charge in [-0.25, -0.2) is 4.98 Å². The Balaban J connectivity index is 1.76. The lowest BCUT2D eigenvalue weighted by molar-refractivity contribution is -0.463. The van der Waals surface area contributed by atoms with Gasteiger partial charge in [-0.2, -0.15) is 12.6 Å². The van der Waals surface area contributed by atoms with Crippen LogP contribution in [0, 0.1) is 10.1 Å². The third kappa shape index (κ3) is 6.11. The zero-order chi connectivity index (χ0) is 16.5. The van der Waals surface area contributed by atoms with E-state index in [1.165, 1.54) is 11.8 Å². The molecule has 2 rings (SSSR count). The molecule has 0 atom stereocenters. The number of fused-ring (bicyclic) bond motifs is 1. The van der Waals surface area contributed by atoms with Crippen LogP contribution in [0.5, 0.6) is 0 Å². The maximum absolute atomic E-state index is 10.6. The summed E-state index contributed by atoms with van der Waals surface area (Å²) >= 11 is 5.58. The second-order valence-corrected chi connectivity index (χ2v) is 6.11. The number of hydrogen-bond donors (Lipinski definition) is 2. The van der Waals surface area contributed by atoms with Crippen LogP contribution >= 0.6 is 24.4 Å². The number of hydrogen-bond acceptors (Lipinski definition) is 7. The second kappa shape index (κ2) is 9.41. The fraction of sp³-hybridized carbons (Fsp3) is 0.429. The molecule has 7 nitrogen and oxygen atoms in total. The molecule has 0 bridgehead atoms. The van der Waals surface area contributed by atoms with Crippen LogP contribution in [0.15, 0.2) is 38.9 Å². The first kappa shape index (κ1) is 17.6. The van der Waals surface area contributed by atoms with Crippen LogP contribution < -0.4 is 5.32 Å². The zero-order valence-electron chi connectivity index (χ0n) is 12.5. The highest BCUT2D eigenvalue weighted by Gasteiger charge is 2.07. The van der Waals surface area contributed by atoms with Crippen molar-refractivity contribution >= 4 is 41.3 Å². The number of nitrogens with one attached hydrogen (secondary N) is 1. The van der Waals surface area contributed by atoms with E-state index in [0.29, 0.717) is 29.9 Å². The van der Waals surface area contributed by atoms with Gasteiger partial charge in [0.25, 0.3) is 11.8 Å². The van der Waals surface area contributed by atoms with Gasteiger partial charge in [0, 0.05) is 29.5 Å². The molecule has 0 aliphatic carbocycles. The van der Waals surface area contributed by atoms with Crippen LogP contribution in [0.2, 0.25) is 0 Å². The summed E-state index contributed by atoms with van der Waals surface area (Å²) in [6.45, 7) is 0.801. The normalized spacial score (nSPS) is 11.8. The first-order valence-corrected chi connectivity index (χ1v) is 8.79. The lowest BCUT2D eigenvalue weighted by Gasteiger charge is -2.04. The fourth-order valence-electron chi connectivity index (χ4n) is 1.84. The Morgan fingerprint density at radius 3 is 3.04 bits per heavy atom. The molecule has 1 aromatic heterocycles.